The third-order valence-corrected chi connectivity index (χ3v) is 3.32. The molecule has 0 aliphatic carbocycles. The third-order valence-electron chi connectivity index (χ3n) is 2.59. The molecule has 2 aromatic carbocycles. The van der Waals surface area contributed by atoms with Gasteiger partial charge in [-0.3, -0.25) is 0 Å². The lowest BCUT2D eigenvalue weighted by Crippen LogP contribution is -2.00. The van der Waals surface area contributed by atoms with E-state index in [4.69, 9.17) is 9.84 Å². The molecule has 0 fully saturated rings. The van der Waals surface area contributed by atoms with Gasteiger partial charge in [0.25, 0.3) is 0 Å². The minimum atomic E-state index is -1.03. The molecule has 0 aliphatic heterocycles. The summed E-state index contributed by atoms with van der Waals surface area (Å²) in [5, 5.41) is 8.84. The Hall–Kier alpha value is -1.95. The number of rotatable bonds is 4. The van der Waals surface area contributed by atoms with Crippen LogP contribution in [-0.4, -0.2) is 11.1 Å². The zero-order chi connectivity index (χ0) is 14.7. The molecule has 1 N–H and O–H groups in total. The molecule has 2 aromatic rings. The van der Waals surface area contributed by atoms with Crippen LogP contribution >= 0.6 is 15.9 Å². The second-order valence-electron chi connectivity index (χ2n) is 3.98. The molecule has 6 heteroatoms. The number of ether oxygens (including phenoxy) is 1. The van der Waals surface area contributed by atoms with Gasteiger partial charge in [-0.05, 0) is 24.3 Å². The second kappa shape index (κ2) is 6.00. The highest BCUT2D eigenvalue weighted by Crippen LogP contribution is 2.22. The molecule has 2 rings (SSSR count). The molecule has 0 aliphatic rings. The van der Waals surface area contributed by atoms with Crippen molar-refractivity contribution < 1.29 is 23.4 Å². The summed E-state index contributed by atoms with van der Waals surface area (Å²) in [5.41, 5.74) is 0.841. The Balaban J connectivity index is 2.10. The van der Waals surface area contributed by atoms with Crippen molar-refractivity contribution in [2.45, 2.75) is 6.61 Å². The topological polar surface area (TPSA) is 46.5 Å². The zero-order valence-electron chi connectivity index (χ0n) is 10.1. The summed E-state index contributed by atoms with van der Waals surface area (Å²) < 4.78 is 31.6. The van der Waals surface area contributed by atoms with Gasteiger partial charge in [-0.2, -0.15) is 0 Å². The van der Waals surface area contributed by atoms with Crippen molar-refractivity contribution in [3.63, 3.8) is 0 Å². The molecule has 0 spiro atoms. The maximum Gasteiger partial charge on any atom is 0.335 e. The van der Waals surface area contributed by atoms with Gasteiger partial charge in [0.15, 0.2) is 11.6 Å². The summed E-state index contributed by atoms with van der Waals surface area (Å²) in [4.78, 5) is 10.8. The molecule has 20 heavy (non-hydrogen) atoms. The Labute approximate surface area is 121 Å². The van der Waals surface area contributed by atoms with Crippen molar-refractivity contribution in [3.05, 3.63) is 63.6 Å². The minimum absolute atomic E-state index is 0.103. The molecular weight excluding hydrogens is 334 g/mol. The molecule has 0 heterocycles. The quantitative estimate of drug-likeness (QED) is 0.913. The fraction of sp³-hybridized carbons (Fsp3) is 0.0714. The van der Waals surface area contributed by atoms with Crippen molar-refractivity contribution in [1.82, 2.24) is 0 Å². The summed E-state index contributed by atoms with van der Waals surface area (Å²) in [6.45, 7) is 0.103. The van der Waals surface area contributed by atoms with Crippen LogP contribution in [0.5, 0.6) is 5.75 Å². The van der Waals surface area contributed by atoms with E-state index in [-0.39, 0.29) is 17.9 Å². The Kier molecular flexibility index (Phi) is 4.34. The molecule has 0 atom stereocenters. The molecule has 0 unspecified atom stereocenters. The molecule has 0 saturated carbocycles. The highest BCUT2D eigenvalue weighted by atomic mass is 79.9. The maximum absolute atomic E-state index is 13.0. The van der Waals surface area contributed by atoms with E-state index in [1.807, 2.05) is 0 Å². The number of carboxylic acid groups (broad SMARTS) is 1. The summed E-state index contributed by atoms with van der Waals surface area (Å²) >= 11 is 3.24. The normalized spacial score (nSPS) is 10.3. The highest BCUT2D eigenvalue weighted by molar-refractivity contribution is 9.10. The van der Waals surface area contributed by atoms with E-state index in [0.29, 0.717) is 10.0 Å². The van der Waals surface area contributed by atoms with Gasteiger partial charge in [0.2, 0.25) is 0 Å². The summed E-state index contributed by atoms with van der Waals surface area (Å²) in [5.74, 6) is -2.76. The molecule has 104 valence electrons. The molecule has 3 nitrogen and oxygen atoms in total. The smallest absolute Gasteiger partial charge is 0.335 e. The first-order valence-electron chi connectivity index (χ1n) is 5.57. The van der Waals surface area contributed by atoms with E-state index >= 15 is 0 Å². The molecule has 0 saturated heterocycles. The van der Waals surface area contributed by atoms with E-state index in [0.717, 1.165) is 12.1 Å². The van der Waals surface area contributed by atoms with Crippen molar-refractivity contribution in [1.29, 1.82) is 0 Å². The maximum atomic E-state index is 13.0. The lowest BCUT2D eigenvalue weighted by Gasteiger charge is -2.09. The second-order valence-corrected chi connectivity index (χ2v) is 4.83. The number of aromatic carboxylic acids is 1. The lowest BCUT2D eigenvalue weighted by molar-refractivity contribution is 0.0696. The standard InChI is InChI=1S/C14H9BrF2O3/c15-11-5-8(14(18)19)1-2-9(11)7-20-10-3-4-12(16)13(17)6-10/h1-6H,7H2,(H,18,19). The van der Waals surface area contributed by atoms with Crippen molar-refractivity contribution in [3.8, 4) is 5.75 Å². The fourth-order valence-corrected chi connectivity index (χ4v) is 2.02. The first kappa shape index (κ1) is 14.5. The van der Waals surface area contributed by atoms with Crippen LogP contribution in [0.4, 0.5) is 8.78 Å². The predicted molar refractivity (Wildman–Crippen MR) is 71.8 cm³/mol. The van der Waals surface area contributed by atoms with Crippen molar-refractivity contribution >= 4 is 21.9 Å². The number of benzene rings is 2. The van der Waals surface area contributed by atoms with Crippen LogP contribution in [0.15, 0.2) is 40.9 Å². The van der Waals surface area contributed by atoms with Crippen LogP contribution in [0.25, 0.3) is 0 Å². The van der Waals surface area contributed by atoms with Crippen LogP contribution in [-0.2, 0) is 6.61 Å². The van der Waals surface area contributed by atoms with E-state index in [2.05, 4.69) is 15.9 Å². The van der Waals surface area contributed by atoms with Gasteiger partial charge in [-0.25, -0.2) is 13.6 Å². The Bertz CT molecular complexity index is 659. The fourth-order valence-electron chi connectivity index (χ4n) is 1.53. The van der Waals surface area contributed by atoms with Gasteiger partial charge < -0.3 is 9.84 Å². The lowest BCUT2D eigenvalue weighted by atomic mass is 10.1. The predicted octanol–water partition coefficient (Wildman–Crippen LogP) is 4.00. The van der Waals surface area contributed by atoms with Gasteiger partial charge in [0, 0.05) is 16.1 Å². The first-order chi connectivity index (χ1) is 9.47. The van der Waals surface area contributed by atoms with Crippen LogP contribution < -0.4 is 4.74 Å². The summed E-state index contributed by atoms with van der Waals surface area (Å²) in [6, 6.07) is 7.73. The van der Waals surface area contributed by atoms with Gasteiger partial charge in [0.1, 0.15) is 12.4 Å². The Morgan fingerprint density at radius 3 is 2.50 bits per heavy atom. The van der Waals surface area contributed by atoms with Gasteiger partial charge >= 0.3 is 5.97 Å². The zero-order valence-corrected chi connectivity index (χ0v) is 11.7. The van der Waals surface area contributed by atoms with Crippen LogP contribution in [0.1, 0.15) is 15.9 Å². The number of carbonyl (C=O) groups is 1. The average molecular weight is 343 g/mol. The number of halogens is 3. The van der Waals surface area contributed by atoms with E-state index in [1.165, 1.54) is 18.2 Å². The highest BCUT2D eigenvalue weighted by Gasteiger charge is 2.08. The van der Waals surface area contributed by atoms with Crippen LogP contribution in [0.2, 0.25) is 0 Å². The molecule has 0 amide bonds. The molecule has 0 bridgehead atoms. The van der Waals surface area contributed by atoms with Crippen molar-refractivity contribution in [2.24, 2.45) is 0 Å². The van der Waals surface area contributed by atoms with Crippen LogP contribution in [0, 0.1) is 11.6 Å². The molecular formula is C14H9BrF2O3. The van der Waals surface area contributed by atoms with Gasteiger partial charge in [0.05, 0.1) is 5.56 Å². The van der Waals surface area contributed by atoms with E-state index in [1.54, 1.807) is 6.07 Å². The minimum Gasteiger partial charge on any atom is -0.489 e. The number of carboxylic acids is 1. The van der Waals surface area contributed by atoms with E-state index in [9.17, 15) is 13.6 Å². The van der Waals surface area contributed by atoms with E-state index < -0.39 is 17.6 Å². The monoisotopic (exact) mass is 342 g/mol. The largest absolute Gasteiger partial charge is 0.489 e. The summed E-state index contributed by atoms with van der Waals surface area (Å²) in [6.07, 6.45) is 0. The SMILES string of the molecule is O=C(O)c1ccc(COc2ccc(F)c(F)c2)c(Br)c1. The Morgan fingerprint density at radius 1 is 1.15 bits per heavy atom. The van der Waals surface area contributed by atoms with Gasteiger partial charge in [-0.15, -0.1) is 0 Å². The number of hydrogen-bond donors (Lipinski definition) is 1. The van der Waals surface area contributed by atoms with Crippen LogP contribution in [0.3, 0.4) is 0 Å². The van der Waals surface area contributed by atoms with Crippen molar-refractivity contribution in [2.75, 3.05) is 0 Å². The molecule has 0 radical (unpaired) electrons. The Morgan fingerprint density at radius 2 is 1.90 bits per heavy atom. The third kappa shape index (κ3) is 3.33. The summed E-state index contributed by atoms with van der Waals surface area (Å²) in [7, 11) is 0. The average Bonchev–Trinajstić information content (AvgIpc) is 2.41. The first-order valence-corrected chi connectivity index (χ1v) is 6.36. The number of hydrogen-bond acceptors (Lipinski definition) is 2. The van der Waals surface area contributed by atoms with Gasteiger partial charge in [-0.1, -0.05) is 22.0 Å². The molecule has 0 aromatic heterocycles.